The average Bonchev–Trinajstić information content (AvgIpc) is 2.42. The molecule has 1 aromatic rings. The van der Waals surface area contributed by atoms with Crippen LogP contribution in [0.5, 0.6) is 11.5 Å². The molecule has 4 nitrogen and oxygen atoms in total. The van der Waals surface area contributed by atoms with E-state index in [-0.39, 0.29) is 6.10 Å². The van der Waals surface area contributed by atoms with Crippen molar-refractivity contribution in [1.82, 2.24) is 4.90 Å². The molecule has 4 heteroatoms. The lowest BCUT2D eigenvalue weighted by Gasteiger charge is -2.17. The summed E-state index contributed by atoms with van der Waals surface area (Å²) in [6, 6.07) is 6.01. The van der Waals surface area contributed by atoms with E-state index in [1.165, 1.54) is 5.56 Å². The maximum absolute atomic E-state index is 9.26. The first-order chi connectivity index (χ1) is 9.06. The molecular formula is C15H25NO3. The van der Waals surface area contributed by atoms with Gasteiger partial charge in [0, 0.05) is 13.1 Å². The molecule has 0 aromatic heterocycles. The lowest BCUT2D eigenvalue weighted by Crippen LogP contribution is -2.24. The Hall–Kier alpha value is -1.26. The van der Waals surface area contributed by atoms with Crippen LogP contribution < -0.4 is 9.47 Å². The highest BCUT2D eigenvalue weighted by atomic mass is 16.5. The molecule has 0 aliphatic heterocycles. The standard InChI is InChI=1S/C15H25NO3/c1-12(17)7-9-16(2)10-8-13-5-6-14(18-3)15(11-13)19-4/h5-6,11-12,17H,7-10H2,1-4H3. The van der Waals surface area contributed by atoms with E-state index in [0.717, 1.165) is 37.4 Å². The highest BCUT2D eigenvalue weighted by Gasteiger charge is 2.06. The molecule has 0 radical (unpaired) electrons. The highest BCUT2D eigenvalue weighted by molar-refractivity contribution is 5.42. The maximum atomic E-state index is 9.26. The van der Waals surface area contributed by atoms with Gasteiger partial charge in [0.2, 0.25) is 0 Å². The van der Waals surface area contributed by atoms with Crippen LogP contribution in [0.3, 0.4) is 0 Å². The number of benzene rings is 1. The van der Waals surface area contributed by atoms with Crippen molar-refractivity contribution in [2.75, 3.05) is 34.4 Å². The van der Waals surface area contributed by atoms with Gasteiger partial charge in [0.15, 0.2) is 11.5 Å². The Morgan fingerprint density at radius 2 is 1.84 bits per heavy atom. The molecule has 0 spiro atoms. The Morgan fingerprint density at radius 1 is 1.16 bits per heavy atom. The molecule has 0 amide bonds. The molecule has 1 unspecified atom stereocenters. The Kier molecular flexibility index (Phi) is 6.67. The van der Waals surface area contributed by atoms with E-state index in [1.807, 2.05) is 19.1 Å². The highest BCUT2D eigenvalue weighted by Crippen LogP contribution is 2.27. The molecule has 0 aliphatic rings. The number of aliphatic hydroxyl groups is 1. The van der Waals surface area contributed by atoms with Gasteiger partial charge in [0.1, 0.15) is 0 Å². The minimum atomic E-state index is -0.233. The predicted octanol–water partition coefficient (Wildman–Crippen LogP) is 1.95. The number of ether oxygens (including phenoxy) is 2. The first-order valence-electron chi connectivity index (χ1n) is 6.64. The number of rotatable bonds is 8. The molecule has 19 heavy (non-hydrogen) atoms. The zero-order valence-corrected chi connectivity index (χ0v) is 12.3. The van der Waals surface area contributed by atoms with Gasteiger partial charge in [-0.15, -0.1) is 0 Å². The fourth-order valence-electron chi connectivity index (χ4n) is 1.88. The van der Waals surface area contributed by atoms with Crippen LogP contribution in [0.4, 0.5) is 0 Å². The van der Waals surface area contributed by atoms with Gasteiger partial charge in [0.05, 0.1) is 20.3 Å². The van der Waals surface area contributed by atoms with Gasteiger partial charge in [0.25, 0.3) is 0 Å². The molecule has 0 aliphatic carbocycles. The van der Waals surface area contributed by atoms with E-state index in [0.29, 0.717) is 0 Å². The van der Waals surface area contributed by atoms with Crippen LogP contribution in [0.1, 0.15) is 18.9 Å². The van der Waals surface area contributed by atoms with Crippen molar-refractivity contribution < 1.29 is 14.6 Å². The van der Waals surface area contributed by atoms with Gasteiger partial charge in [-0.2, -0.15) is 0 Å². The minimum absolute atomic E-state index is 0.233. The lowest BCUT2D eigenvalue weighted by atomic mass is 10.1. The zero-order valence-electron chi connectivity index (χ0n) is 12.3. The van der Waals surface area contributed by atoms with Gasteiger partial charge in [-0.3, -0.25) is 0 Å². The van der Waals surface area contributed by atoms with E-state index in [9.17, 15) is 5.11 Å². The summed E-state index contributed by atoms with van der Waals surface area (Å²) in [6.45, 7) is 3.69. The molecule has 1 rings (SSSR count). The van der Waals surface area contributed by atoms with Crippen molar-refractivity contribution in [3.8, 4) is 11.5 Å². The van der Waals surface area contributed by atoms with Gasteiger partial charge < -0.3 is 19.5 Å². The number of aliphatic hydroxyl groups excluding tert-OH is 1. The molecule has 0 fully saturated rings. The molecule has 0 saturated carbocycles. The summed E-state index contributed by atoms with van der Waals surface area (Å²) >= 11 is 0. The molecule has 108 valence electrons. The third-order valence-electron chi connectivity index (χ3n) is 3.16. The summed E-state index contributed by atoms with van der Waals surface area (Å²) < 4.78 is 10.5. The van der Waals surface area contributed by atoms with Gasteiger partial charge in [-0.05, 0) is 44.5 Å². The van der Waals surface area contributed by atoms with Crippen LogP contribution in [0.15, 0.2) is 18.2 Å². The van der Waals surface area contributed by atoms with Crippen molar-refractivity contribution in [1.29, 1.82) is 0 Å². The molecule has 0 heterocycles. The van der Waals surface area contributed by atoms with Gasteiger partial charge in [-0.1, -0.05) is 6.07 Å². The lowest BCUT2D eigenvalue weighted by molar-refractivity contribution is 0.165. The van der Waals surface area contributed by atoms with Crippen LogP contribution in [0.25, 0.3) is 0 Å². The first kappa shape index (κ1) is 15.8. The van der Waals surface area contributed by atoms with Crippen LogP contribution in [0.2, 0.25) is 0 Å². The van der Waals surface area contributed by atoms with Gasteiger partial charge in [-0.25, -0.2) is 0 Å². The predicted molar refractivity (Wildman–Crippen MR) is 77.0 cm³/mol. The number of hydrogen-bond acceptors (Lipinski definition) is 4. The van der Waals surface area contributed by atoms with E-state index >= 15 is 0 Å². The fourth-order valence-corrected chi connectivity index (χ4v) is 1.88. The van der Waals surface area contributed by atoms with Crippen LogP contribution in [0, 0.1) is 0 Å². The average molecular weight is 267 g/mol. The van der Waals surface area contributed by atoms with E-state index in [4.69, 9.17) is 9.47 Å². The van der Waals surface area contributed by atoms with Crippen LogP contribution >= 0.6 is 0 Å². The molecule has 0 saturated heterocycles. The van der Waals surface area contributed by atoms with Crippen LogP contribution in [-0.4, -0.2) is 50.5 Å². The summed E-state index contributed by atoms with van der Waals surface area (Å²) in [5, 5.41) is 9.26. The van der Waals surface area contributed by atoms with E-state index in [2.05, 4.69) is 18.0 Å². The number of nitrogens with zero attached hydrogens (tertiary/aromatic N) is 1. The monoisotopic (exact) mass is 267 g/mol. The smallest absolute Gasteiger partial charge is 0.160 e. The van der Waals surface area contributed by atoms with E-state index in [1.54, 1.807) is 14.2 Å². The van der Waals surface area contributed by atoms with Crippen LogP contribution in [-0.2, 0) is 6.42 Å². The quantitative estimate of drug-likeness (QED) is 0.781. The molecule has 1 N–H and O–H groups in total. The molecule has 1 atom stereocenters. The van der Waals surface area contributed by atoms with Gasteiger partial charge >= 0.3 is 0 Å². The SMILES string of the molecule is COc1ccc(CCN(C)CCC(C)O)cc1OC. The number of likely N-dealkylation sites (N-methyl/N-ethyl adjacent to an activating group) is 1. The second-order valence-electron chi connectivity index (χ2n) is 4.88. The minimum Gasteiger partial charge on any atom is -0.493 e. The number of methoxy groups -OCH3 is 2. The maximum Gasteiger partial charge on any atom is 0.160 e. The summed E-state index contributed by atoms with van der Waals surface area (Å²) in [7, 11) is 5.36. The third kappa shape index (κ3) is 5.49. The fraction of sp³-hybridized carbons (Fsp3) is 0.600. The second kappa shape index (κ2) is 8.02. The molecular weight excluding hydrogens is 242 g/mol. The zero-order chi connectivity index (χ0) is 14.3. The second-order valence-corrected chi connectivity index (χ2v) is 4.88. The Morgan fingerprint density at radius 3 is 2.42 bits per heavy atom. The third-order valence-corrected chi connectivity index (χ3v) is 3.16. The normalized spacial score (nSPS) is 12.5. The van der Waals surface area contributed by atoms with Crippen molar-refractivity contribution in [3.05, 3.63) is 23.8 Å². The first-order valence-corrected chi connectivity index (χ1v) is 6.64. The van der Waals surface area contributed by atoms with Crippen molar-refractivity contribution >= 4 is 0 Å². The van der Waals surface area contributed by atoms with Crippen molar-refractivity contribution in [2.45, 2.75) is 25.9 Å². The van der Waals surface area contributed by atoms with Crippen molar-refractivity contribution in [2.24, 2.45) is 0 Å². The Bertz CT molecular complexity index is 380. The topological polar surface area (TPSA) is 41.9 Å². The molecule has 1 aromatic carbocycles. The summed E-state index contributed by atoms with van der Waals surface area (Å²) in [6.07, 6.45) is 1.53. The number of hydrogen-bond donors (Lipinski definition) is 1. The summed E-state index contributed by atoms with van der Waals surface area (Å²) in [5.41, 5.74) is 1.22. The summed E-state index contributed by atoms with van der Waals surface area (Å²) in [4.78, 5) is 2.23. The summed E-state index contributed by atoms with van der Waals surface area (Å²) in [5.74, 6) is 1.53. The Balaban J connectivity index is 2.49. The van der Waals surface area contributed by atoms with Crippen molar-refractivity contribution in [3.63, 3.8) is 0 Å². The largest absolute Gasteiger partial charge is 0.493 e. The molecule has 0 bridgehead atoms. The Labute approximate surface area is 115 Å². The van der Waals surface area contributed by atoms with E-state index < -0.39 is 0 Å².